The maximum Gasteiger partial charge on any atom is 0.0595 e. The number of hydrogen-bond acceptors (Lipinski definition) is 0. The van der Waals surface area contributed by atoms with E-state index in [-0.39, 0.29) is 5.92 Å². The standard InChI is InChI=1S/C15H10Cl2/c16-14-7-6-13(9-15(14)17)12-5-4-10-2-1-3-11(10)8-12/h1-9,12H. The molecule has 0 aliphatic heterocycles. The van der Waals surface area contributed by atoms with Gasteiger partial charge in [0, 0.05) is 5.92 Å². The minimum atomic E-state index is 0.277. The summed E-state index contributed by atoms with van der Waals surface area (Å²) in [4.78, 5) is 0. The van der Waals surface area contributed by atoms with Crippen LogP contribution in [0.1, 0.15) is 11.5 Å². The molecule has 84 valence electrons. The van der Waals surface area contributed by atoms with Crippen LogP contribution >= 0.6 is 23.2 Å². The highest BCUT2D eigenvalue weighted by Gasteiger charge is 2.15. The van der Waals surface area contributed by atoms with Crippen LogP contribution in [0.15, 0.2) is 65.8 Å². The van der Waals surface area contributed by atoms with Crippen LogP contribution in [0.2, 0.25) is 10.0 Å². The minimum absolute atomic E-state index is 0.277. The molecule has 0 fully saturated rings. The van der Waals surface area contributed by atoms with Crippen LogP contribution < -0.4 is 0 Å². The lowest BCUT2D eigenvalue weighted by Gasteiger charge is -2.15. The summed E-state index contributed by atoms with van der Waals surface area (Å²) in [5.74, 6) is 0.277. The van der Waals surface area contributed by atoms with Crippen molar-refractivity contribution in [2.75, 3.05) is 0 Å². The van der Waals surface area contributed by atoms with Gasteiger partial charge in [-0.05, 0) is 28.8 Å². The van der Waals surface area contributed by atoms with Gasteiger partial charge in [-0.2, -0.15) is 0 Å². The van der Waals surface area contributed by atoms with Crippen molar-refractivity contribution in [2.24, 2.45) is 0 Å². The van der Waals surface area contributed by atoms with Crippen molar-refractivity contribution in [1.29, 1.82) is 0 Å². The molecule has 0 nitrogen and oxygen atoms in total. The Morgan fingerprint density at radius 3 is 2.65 bits per heavy atom. The van der Waals surface area contributed by atoms with Gasteiger partial charge in [-0.3, -0.25) is 0 Å². The maximum absolute atomic E-state index is 6.04. The Morgan fingerprint density at radius 1 is 0.941 bits per heavy atom. The fourth-order valence-corrected chi connectivity index (χ4v) is 2.44. The molecule has 1 unspecified atom stereocenters. The topological polar surface area (TPSA) is 0 Å². The van der Waals surface area contributed by atoms with Gasteiger partial charge in [0.2, 0.25) is 0 Å². The normalized spacial score (nSPS) is 21.2. The molecule has 1 aromatic carbocycles. The first-order chi connectivity index (χ1) is 8.24. The van der Waals surface area contributed by atoms with Crippen molar-refractivity contribution >= 4 is 23.2 Å². The van der Waals surface area contributed by atoms with Crippen molar-refractivity contribution in [1.82, 2.24) is 0 Å². The highest BCUT2D eigenvalue weighted by molar-refractivity contribution is 6.42. The Hall–Kier alpha value is -1.24. The van der Waals surface area contributed by atoms with Crippen LogP contribution in [0.5, 0.6) is 0 Å². The van der Waals surface area contributed by atoms with E-state index in [1.165, 1.54) is 16.7 Å². The van der Waals surface area contributed by atoms with Crippen molar-refractivity contribution in [3.05, 3.63) is 81.4 Å². The van der Waals surface area contributed by atoms with Crippen molar-refractivity contribution in [2.45, 2.75) is 5.92 Å². The number of halogens is 2. The molecule has 2 aliphatic rings. The molecule has 2 heteroatoms. The van der Waals surface area contributed by atoms with E-state index in [0.717, 1.165) is 0 Å². The van der Waals surface area contributed by atoms with Gasteiger partial charge in [0.1, 0.15) is 0 Å². The molecule has 2 aliphatic carbocycles. The second-order valence-corrected chi connectivity index (χ2v) is 4.98. The molecule has 0 radical (unpaired) electrons. The van der Waals surface area contributed by atoms with Gasteiger partial charge in [-0.25, -0.2) is 0 Å². The lowest BCUT2D eigenvalue weighted by atomic mass is 9.90. The molecule has 0 spiro atoms. The molecule has 0 saturated carbocycles. The number of rotatable bonds is 1. The Morgan fingerprint density at radius 2 is 1.82 bits per heavy atom. The zero-order valence-electron chi connectivity index (χ0n) is 9.03. The van der Waals surface area contributed by atoms with Gasteiger partial charge >= 0.3 is 0 Å². The number of allylic oxidation sites excluding steroid dienone is 8. The summed E-state index contributed by atoms with van der Waals surface area (Å²) in [7, 11) is 0. The first kappa shape index (κ1) is 10.9. The Labute approximate surface area is 111 Å². The highest BCUT2D eigenvalue weighted by atomic mass is 35.5. The highest BCUT2D eigenvalue weighted by Crippen LogP contribution is 2.34. The summed E-state index contributed by atoms with van der Waals surface area (Å²) in [6.45, 7) is 0. The Kier molecular flexibility index (Phi) is 2.70. The lowest BCUT2D eigenvalue weighted by molar-refractivity contribution is 1.06. The fraction of sp³-hybridized carbons (Fsp3) is 0.0667. The summed E-state index contributed by atoms with van der Waals surface area (Å²) in [5, 5.41) is 1.21. The Balaban J connectivity index is 1.98. The molecule has 0 aromatic heterocycles. The molecule has 0 bridgehead atoms. The van der Waals surface area contributed by atoms with E-state index >= 15 is 0 Å². The van der Waals surface area contributed by atoms with Crippen LogP contribution in [0.3, 0.4) is 0 Å². The lowest BCUT2D eigenvalue weighted by Crippen LogP contribution is -1.98. The molecule has 1 aromatic rings. The summed E-state index contributed by atoms with van der Waals surface area (Å²) in [6, 6.07) is 5.80. The van der Waals surface area contributed by atoms with Crippen molar-refractivity contribution < 1.29 is 0 Å². The second-order valence-electron chi connectivity index (χ2n) is 4.16. The van der Waals surface area contributed by atoms with E-state index in [0.29, 0.717) is 10.0 Å². The van der Waals surface area contributed by atoms with Crippen LogP contribution in [-0.2, 0) is 0 Å². The minimum Gasteiger partial charge on any atom is -0.0827 e. The quantitative estimate of drug-likeness (QED) is 0.662. The number of fused-ring (bicyclic) bond motifs is 1. The van der Waals surface area contributed by atoms with Crippen LogP contribution in [0, 0.1) is 0 Å². The molecule has 0 heterocycles. The number of hydrogen-bond donors (Lipinski definition) is 0. The largest absolute Gasteiger partial charge is 0.0827 e. The van der Waals surface area contributed by atoms with Gasteiger partial charge in [-0.1, -0.05) is 65.7 Å². The third-order valence-electron chi connectivity index (χ3n) is 3.06. The Bertz CT molecular complexity index is 589. The maximum atomic E-state index is 6.04. The van der Waals surface area contributed by atoms with Gasteiger partial charge in [0.25, 0.3) is 0 Å². The molecule has 0 N–H and O–H groups in total. The van der Waals surface area contributed by atoms with Gasteiger partial charge in [-0.15, -0.1) is 0 Å². The molecular formula is C15H10Cl2. The van der Waals surface area contributed by atoms with Gasteiger partial charge in [0.15, 0.2) is 0 Å². The predicted octanol–water partition coefficient (Wildman–Crippen LogP) is 5.07. The van der Waals surface area contributed by atoms with Crippen LogP contribution in [0.25, 0.3) is 0 Å². The summed E-state index contributed by atoms with van der Waals surface area (Å²) < 4.78 is 0. The molecule has 17 heavy (non-hydrogen) atoms. The average molecular weight is 261 g/mol. The third kappa shape index (κ3) is 1.99. The van der Waals surface area contributed by atoms with E-state index in [9.17, 15) is 0 Å². The van der Waals surface area contributed by atoms with Crippen LogP contribution in [-0.4, -0.2) is 0 Å². The molecule has 0 saturated heterocycles. The van der Waals surface area contributed by atoms with E-state index in [1.807, 2.05) is 18.2 Å². The number of benzene rings is 1. The monoisotopic (exact) mass is 260 g/mol. The van der Waals surface area contributed by atoms with Crippen molar-refractivity contribution in [3.8, 4) is 0 Å². The smallest absolute Gasteiger partial charge is 0.0595 e. The fourth-order valence-electron chi connectivity index (χ4n) is 2.13. The second kappa shape index (κ2) is 4.21. The summed E-state index contributed by atoms with van der Waals surface area (Å²) >= 11 is 12.0. The average Bonchev–Trinajstić information content (AvgIpc) is 2.79. The van der Waals surface area contributed by atoms with Gasteiger partial charge < -0.3 is 0 Å². The zero-order valence-corrected chi connectivity index (χ0v) is 10.5. The summed E-state index contributed by atoms with van der Waals surface area (Å²) in [5.41, 5.74) is 3.73. The molecule has 3 rings (SSSR count). The van der Waals surface area contributed by atoms with Gasteiger partial charge in [0.05, 0.1) is 10.0 Å². The zero-order chi connectivity index (χ0) is 11.8. The van der Waals surface area contributed by atoms with E-state index in [2.05, 4.69) is 36.5 Å². The molecule has 0 amide bonds. The van der Waals surface area contributed by atoms with E-state index < -0.39 is 0 Å². The third-order valence-corrected chi connectivity index (χ3v) is 3.79. The molecule has 1 atom stereocenters. The summed E-state index contributed by atoms with van der Waals surface area (Å²) in [6.07, 6.45) is 12.9. The predicted molar refractivity (Wildman–Crippen MR) is 73.6 cm³/mol. The molecular weight excluding hydrogens is 251 g/mol. The van der Waals surface area contributed by atoms with Crippen molar-refractivity contribution in [3.63, 3.8) is 0 Å². The van der Waals surface area contributed by atoms with E-state index in [1.54, 1.807) is 0 Å². The van der Waals surface area contributed by atoms with Crippen LogP contribution in [0.4, 0.5) is 0 Å². The SMILES string of the molecule is Clc1ccc(C2C=CC3=CC=CC3=C2)cc1Cl. The van der Waals surface area contributed by atoms with E-state index in [4.69, 9.17) is 23.2 Å². The first-order valence-electron chi connectivity index (χ1n) is 5.48. The first-order valence-corrected chi connectivity index (χ1v) is 6.23.